The van der Waals surface area contributed by atoms with E-state index in [0.717, 1.165) is 0 Å². The van der Waals surface area contributed by atoms with E-state index >= 15 is 0 Å². The van der Waals surface area contributed by atoms with Crippen molar-refractivity contribution in [1.29, 1.82) is 0 Å². The number of carbonyl (C=O) groups is 1. The first-order valence-corrected chi connectivity index (χ1v) is 10.7. The van der Waals surface area contributed by atoms with Gasteiger partial charge >= 0.3 is 0 Å². The van der Waals surface area contributed by atoms with Gasteiger partial charge in [-0.05, 0) is 43.3 Å². The molecule has 1 atom stereocenters. The molecule has 1 aliphatic rings. The molecule has 0 N–H and O–H groups in total. The lowest BCUT2D eigenvalue weighted by molar-refractivity contribution is 0.0970. The topological polar surface area (TPSA) is 94.8 Å². The maximum atomic E-state index is 13.6. The predicted octanol–water partition coefficient (Wildman–Crippen LogP) is 4.37. The van der Waals surface area contributed by atoms with Crippen molar-refractivity contribution in [2.45, 2.75) is 13.0 Å². The number of hydrogen-bond donors (Lipinski definition) is 0. The van der Waals surface area contributed by atoms with E-state index in [1.54, 1.807) is 37.3 Å². The fourth-order valence-electron chi connectivity index (χ4n) is 3.87. The van der Waals surface area contributed by atoms with Crippen molar-refractivity contribution >= 4 is 44.9 Å². The number of methoxy groups -OCH3 is 2. The normalized spacial score (nSPS) is 15.3. The van der Waals surface area contributed by atoms with Crippen LogP contribution in [0.2, 0.25) is 5.02 Å². The van der Waals surface area contributed by atoms with Crippen molar-refractivity contribution in [3.05, 3.63) is 73.5 Å². The van der Waals surface area contributed by atoms with E-state index in [4.69, 9.17) is 25.5 Å². The lowest BCUT2D eigenvalue weighted by atomic mass is 9.97. The minimum absolute atomic E-state index is 0.0486. The third-order valence-corrected chi connectivity index (χ3v) is 6.36. The summed E-state index contributed by atoms with van der Waals surface area (Å²) in [4.78, 5) is 28.6. The Morgan fingerprint density at radius 3 is 2.59 bits per heavy atom. The Bertz CT molecular complexity index is 1450. The number of ether oxygens (including phenoxy) is 2. The Balaban J connectivity index is 1.86. The highest BCUT2D eigenvalue weighted by Crippen LogP contribution is 2.45. The average Bonchev–Trinajstić information content (AvgIpc) is 3.34. The standard InChI is InChI=1S/C22H16ClN3O5S/c1-10-24-25-22(32-10)26-18(13-9-12(29-2)5-7-15(13)30-3)17-19(27)14-8-11(23)4-6-16(14)31-20(17)21(26)28/h4-9,18H,1-3H3/t18-/m1/s1. The number of anilines is 1. The number of amides is 1. The molecule has 5 rings (SSSR count). The van der Waals surface area contributed by atoms with E-state index < -0.39 is 11.9 Å². The number of nitrogens with zero attached hydrogens (tertiary/aromatic N) is 3. The highest BCUT2D eigenvalue weighted by molar-refractivity contribution is 7.15. The molecule has 0 spiro atoms. The highest BCUT2D eigenvalue weighted by Gasteiger charge is 2.46. The van der Waals surface area contributed by atoms with Crippen molar-refractivity contribution in [2.24, 2.45) is 0 Å². The Morgan fingerprint density at radius 1 is 1.09 bits per heavy atom. The molecule has 0 saturated carbocycles. The molecule has 1 aliphatic heterocycles. The minimum Gasteiger partial charge on any atom is -0.497 e. The van der Waals surface area contributed by atoms with Crippen molar-refractivity contribution in [3.8, 4) is 11.5 Å². The van der Waals surface area contributed by atoms with Gasteiger partial charge in [0.1, 0.15) is 28.1 Å². The quantitative estimate of drug-likeness (QED) is 0.438. The largest absolute Gasteiger partial charge is 0.497 e. The fraction of sp³-hybridized carbons (Fsp3) is 0.182. The molecule has 0 fully saturated rings. The number of aromatic nitrogens is 2. The summed E-state index contributed by atoms with van der Waals surface area (Å²) < 4.78 is 16.9. The summed E-state index contributed by atoms with van der Waals surface area (Å²) in [7, 11) is 3.06. The fourth-order valence-corrected chi connectivity index (χ4v) is 4.76. The number of carbonyl (C=O) groups excluding carboxylic acids is 1. The molecule has 0 saturated heterocycles. The number of rotatable bonds is 4. The summed E-state index contributed by atoms with van der Waals surface area (Å²) >= 11 is 7.37. The number of fused-ring (bicyclic) bond motifs is 2. The average molecular weight is 470 g/mol. The van der Waals surface area contributed by atoms with Gasteiger partial charge in [-0.25, -0.2) is 0 Å². The van der Waals surface area contributed by atoms with Crippen LogP contribution in [-0.2, 0) is 0 Å². The van der Waals surface area contributed by atoms with E-state index in [0.29, 0.717) is 32.2 Å². The van der Waals surface area contributed by atoms with Gasteiger partial charge in [-0.3, -0.25) is 14.5 Å². The monoisotopic (exact) mass is 469 g/mol. The zero-order valence-electron chi connectivity index (χ0n) is 17.2. The zero-order valence-corrected chi connectivity index (χ0v) is 18.8. The van der Waals surface area contributed by atoms with Crippen molar-refractivity contribution in [1.82, 2.24) is 10.2 Å². The maximum Gasteiger partial charge on any atom is 0.297 e. The summed E-state index contributed by atoms with van der Waals surface area (Å²) in [6.45, 7) is 1.79. The molecule has 162 valence electrons. The Morgan fingerprint density at radius 2 is 1.91 bits per heavy atom. The first-order chi connectivity index (χ1) is 15.4. The smallest absolute Gasteiger partial charge is 0.297 e. The van der Waals surface area contributed by atoms with Crippen LogP contribution in [0.4, 0.5) is 5.13 Å². The Hall–Kier alpha value is -3.43. The molecule has 4 aromatic rings. The van der Waals surface area contributed by atoms with Gasteiger partial charge in [-0.2, -0.15) is 0 Å². The molecule has 3 heterocycles. The number of halogens is 1. The molecule has 10 heteroatoms. The molecule has 32 heavy (non-hydrogen) atoms. The van der Waals surface area contributed by atoms with Gasteiger partial charge in [0, 0.05) is 10.6 Å². The summed E-state index contributed by atoms with van der Waals surface area (Å²) in [5.41, 5.74) is 0.665. The van der Waals surface area contributed by atoms with Crippen molar-refractivity contribution < 1.29 is 18.7 Å². The zero-order chi connectivity index (χ0) is 22.6. The van der Waals surface area contributed by atoms with Crippen LogP contribution in [0.1, 0.15) is 32.7 Å². The van der Waals surface area contributed by atoms with E-state index in [-0.39, 0.29) is 27.7 Å². The van der Waals surface area contributed by atoms with Gasteiger partial charge in [0.15, 0.2) is 5.43 Å². The van der Waals surface area contributed by atoms with Crippen molar-refractivity contribution in [3.63, 3.8) is 0 Å². The second-order valence-corrected chi connectivity index (χ2v) is 8.70. The molecule has 0 radical (unpaired) electrons. The highest BCUT2D eigenvalue weighted by atomic mass is 35.5. The maximum absolute atomic E-state index is 13.6. The lowest BCUT2D eigenvalue weighted by Gasteiger charge is -2.24. The molecular weight excluding hydrogens is 454 g/mol. The SMILES string of the molecule is COc1ccc(OC)c([C@@H]2c3c(oc4ccc(Cl)cc4c3=O)C(=O)N2c2nnc(C)s2)c1. The molecule has 8 nitrogen and oxygen atoms in total. The van der Waals surface area contributed by atoms with E-state index in [2.05, 4.69) is 10.2 Å². The molecule has 0 bridgehead atoms. The van der Waals surface area contributed by atoms with Crippen LogP contribution >= 0.6 is 22.9 Å². The van der Waals surface area contributed by atoms with E-state index in [9.17, 15) is 9.59 Å². The van der Waals surface area contributed by atoms with Gasteiger partial charge in [-0.1, -0.05) is 22.9 Å². The summed E-state index contributed by atoms with van der Waals surface area (Å²) in [5.74, 6) is 0.490. The molecule has 0 unspecified atom stereocenters. The van der Waals surface area contributed by atoms with Gasteiger partial charge in [0.2, 0.25) is 10.9 Å². The summed E-state index contributed by atoms with van der Waals surface area (Å²) in [6.07, 6.45) is 0. The van der Waals surface area contributed by atoms with Crippen LogP contribution in [0.5, 0.6) is 11.5 Å². The number of aryl methyl sites for hydroxylation is 1. The Labute approximate surface area is 191 Å². The van der Waals surface area contributed by atoms with Gasteiger partial charge in [0.25, 0.3) is 5.91 Å². The molecule has 0 aliphatic carbocycles. The van der Waals surface area contributed by atoms with Gasteiger partial charge in [0.05, 0.1) is 25.2 Å². The van der Waals surface area contributed by atoms with Gasteiger partial charge < -0.3 is 13.9 Å². The third kappa shape index (κ3) is 3.04. The second kappa shape index (κ2) is 7.61. The van der Waals surface area contributed by atoms with Crippen LogP contribution < -0.4 is 19.8 Å². The van der Waals surface area contributed by atoms with Crippen LogP contribution in [-0.4, -0.2) is 30.3 Å². The van der Waals surface area contributed by atoms with E-state index in [1.165, 1.54) is 36.5 Å². The van der Waals surface area contributed by atoms with Crippen LogP contribution in [0.25, 0.3) is 11.0 Å². The van der Waals surface area contributed by atoms with Crippen LogP contribution in [0.15, 0.2) is 45.6 Å². The van der Waals surface area contributed by atoms with Crippen LogP contribution in [0.3, 0.4) is 0 Å². The molecule has 1 amide bonds. The minimum atomic E-state index is -0.852. The molecule has 2 aromatic carbocycles. The second-order valence-electron chi connectivity index (χ2n) is 7.10. The molecular formula is C22H16ClN3O5S. The first kappa shape index (κ1) is 20.5. The van der Waals surface area contributed by atoms with E-state index in [1.807, 2.05) is 0 Å². The molecule has 2 aromatic heterocycles. The number of hydrogen-bond acceptors (Lipinski definition) is 8. The van der Waals surface area contributed by atoms with Gasteiger partial charge in [-0.15, -0.1) is 10.2 Å². The third-order valence-electron chi connectivity index (χ3n) is 5.29. The summed E-state index contributed by atoms with van der Waals surface area (Å²) in [5, 5.41) is 9.89. The first-order valence-electron chi connectivity index (χ1n) is 9.54. The summed E-state index contributed by atoms with van der Waals surface area (Å²) in [6, 6.07) is 9.05. The predicted molar refractivity (Wildman–Crippen MR) is 120 cm³/mol. The van der Waals surface area contributed by atoms with Crippen LogP contribution in [0, 0.1) is 6.92 Å². The lowest BCUT2D eigenvalue weighted by Crippen LogP contribution is -2.29. The Kier molecular flexibility index (Phi) is 4.87. The van der Waals surface area contributed by atoms with Crippen molar-refractivity contribution in [2.75, 3.05) is 19.1 Å². The number of benzene rings is 2.